The van der Waals surface area contributed by atoms with Crippen molar-refractivity contribution in [2.45, 2.75) is 19.2 Å². The number of carbonyl (C=O) groups excluding carboxylic acids is 1. The highest BCUT2D eigenvalue weighted by atomic mass is 16.5. The standard InChI is InChI=1S/C20H23N5O2/c26-20(15-25-19-9-5-4-8-18(19)22-23-25)21-12-17-14-24(10-11-27-17)13-16-6-2-1-3-7-16/h1-9,17H,10-15H2,(H,21,26). The average Bonchev–Trinajstić information content (AvgIpc) is 3.10. The van der Waals surface area contributed by atoms with Crippen LogP contribution < -0.4 is 5.32 Å². The number of carbonyl (C=O) groups is 1. The van der Waals surface area contributed by atoms with Crippen LogP contribution in [0.25, 0.3) is 11.0 Å². The number of aromatic nitrogens is 3. The number of hydrogen-bond donors (Lipinski definition) is 1. The Hall–Kier alpha value is -2.77. The number of nitrogens with zero attached hydrogens (tertiary/aromatic N) is 4. The van der Waals surface area contributed by atoms with Crippen LogP contribution in [0.3, 0.4) is 0 Å². The number of fused-ring (bicyclic) bond motifs is 1. The molecule has 1 fully saturated rings. The van der Waals surface area contributed by atoms with Crippen LogP contribution in [-0.4, -0.2) is 58.1 Å². The molecule has 1 aliphatic heterocycles. The van der Waals surface area contributed by atoms with E-state index in [0.29, 0.717) is 13.2 Å². The van der Waals surface area contributed by atoms with Crippen molar-refractivity contribution in [3.8, 4) is 0 Å². The first kappa shape index (κ1) is 17.6. The highest BCUT2D eigenvalue weighted by Gasteiger charge is 2.21. The number of para-hydroxylation sites is 1. The van der Waals surface area contributed by atoms with Gasteiger partial charge in [0, 0.05) is 26.2 Å². The summed E-state index contributed by atoms with van der Waals surface area (Å²) in [6, 6.07) is 18.0. The molecular formula is C20H23N5O2. The number of ether oxygens (including phenoxy) is 1. The summed E-state index contributed by atoms with van der Waals surface area (Å²) in [7, 11) is 0. The quantitative estimate of drug-likeness (QED) is 0.716. The molecule has 1 saturated heterocycles. The zero-order chi connectivity index (χ0) is 18.5. The lowest BCUT2D eigenvalue weighted by atomic mass is 10.2. The summed E-state index contributed by atoms with van der Waals surface area (Å²) in [5, 5.41) is 11.1. The van der Waals surface area contributed by atoms with Crippen molar-refractivity contribution in [3.05, 3.63) is 60.2 Å². The van der Waals surface area contributed by atoms with Gasteiger partial charge in [-0.1, -0.05) is 47.7 Å². The van der Waals surface area contributed by atoms with E-state index < -0.39 is 0 Å². The van der Waals surface area contributed by atoms with Crippen molar-refractivity contribution in [3.63, 3.8) is 0 Å². The van der Waals surface area contributed by atoms with Gasteiger partial charge in [-0.05, 0) is 17.7 Å². The third kappa shape index (κ3) is 4.50. The van der Waals surface area contributed by atoms with Gasteiger partial charge in [0.15, 0.2) is 0 Å². The number of amides is 1. The minimum atomic E-state index is -0.0885. The van der Waals surface area contributed by atoms with Crippen molar-refractivity contribution >= 4 is 16.9 Å². The number of benzene rings is 2. The zero-order valence-electron chi connectivity index (χ0n) is 15.1. The minimum Gasteiger partial charge on any atom is -0.374 e. The Balaban J connectivity index is 1.27. The molecule has 7 nitrogen and oxygen atoms in total. The predicted octanol–water partition coefficient (Wildman–Crippen LogP) is 1.45. The van der Waals surface area contributed by atoms with Gasteiger partial charge in [-0.15, -0.1) is 5.10 Å². The van der Waals surface area contributed by atoms with E-state index in [4.69, 9.17) is 4.74 Å². The topological polar surface area (TPSA) is 72.3 Å². The third-order valence-electron chi connectivity index (χ3n) is 4.71. The van der Waals surface area contributed by atoms with E-state index in [0.717, 1.165) is 30.7 Å². The molecule has 2 heterocycles. The van der Waals surface area contributed by atoms with E-state index in [-0.39, 0.29) is 18.6 Å². The summed E-state index contributed by atoms with van der Waals surface area (Å²) in [5.74, 6) is -0.0885. The zero-order valence-corrected chi connectivity index (χ0v) is 15.1. The summed E-state index contributed by atoms with van der Waals surface area (Å²) < 4.78 is 7.43. The maximum Gasteiger partial charge on any atom is 0.241 e. The molecule has 1 aliphatic rings. The second-order valence-corrected chi connectivity index (χ2v) is 6.75. The molecule has 0 spiro atoms. The van der Waals surface area contributed by atoms with Gasteiger partial charge in [0.2, 0.25) is 5.91 Å². The molecule has 0 bridgehead atoms. The first-order valence-electron chi connectivity index (χ1n) is 9.21. The summed E-state index contributed by atoms with van der Waals surface area (Å²) in [5.41, 5.74) is 2.94. The first-order valence-corrected chi connectivity index (χ1v) is 9.21. The fraction of sp³-hybridized carbons (Fsp3) is 0.350. The largest absolute Gasteiger partial charge is 0.374 e. The maximum absolute atomic E-state index is 12.3. The van der Waals surface area contributed by atoms with Crippen LogP contribution in [0.1, 0.15) is 5.56 Å². The minimum absolute atomic E-state index is 0.00102. The molecule has 0 aliphatic carbocycles. The van der Waals surface area contributed by atoms with Gasteiger partial charge in [-0.3, -0.25) is 9.69 Å². The Labute approximate surface area is 157 Å². The van der Waals surface area contributed by atoms with E-state index in [1.807, 2.05) is 30.3 Å². The molecule has 27 heavy (non-hydrogen) atoms. The third-order valence-corrected chi connectivity index (χ3v) is 4.71. The van der Waals surface area contributed by atoms with Crippen molar-refractivity contribution < 1.29 is 9.53 Å². The highest BCUT2D eigenvalue weighted by Crippen LogP contribution is 2.11. The second-order valence-electron chi connectivity index (χ2n) is 6.75. The van der Waals surface area contributed by atoms with Gasteiger partial charge < -0.3 is 10.1 Å². The Morgan fingerprint density at radius 3 is 2.85 bits per heavy atom. The number of rotatable bonds is 6. The molecule has 1 unspecified atom stereocenters. The summed E-state index contributed by atoms with van der Waals surface area (Å²) in [6.45, 7) is 3.95. The van der Waals surface area contributed by atoms with E-state index in [2.05, 4.69) is 44.8 Å². The van der Waals surface area contributed by atoms with Crippen LogP contribution >= 0.6 is 0 Å². The second kappa shape index (κ2) is 8.28. The van der Waals surface area contributed by atoms with Crippen molar-refractivity contribution in [2.24, 2.45) is 0 Å². The molecule has 0 radical (unpaired) electrons. The van der Waals surface area contributed by atoms with Crippen LogP contribution in [0.5, 0.6) is 0 Å². The van der Waals surface area contributed by atoms with Crippen LogP contribution in [0, 0.1) is 0 Å². The van der Waals surface area contributed by atoms with Crippen LogP contribution in [-0.2, 0) is 22.6 Å². The molecule has 140 valence electrons. The lowest BCUT2D eigenvalue weighted by Gasteiger charge is -2.33. The fourth-order valence-electron chi connectivity index (χ4n) is 3.34. The van der Waals surface area contributed by atoms with E-state index in [1.54, 1.807) is 4.68 Å². The van der Waals surface area contributed by atoms with E-state index in [1.165, 1.54) is 5.56 Å². The van der Waals surface area contributed by atoms with Gasteiger partial charge in [-0.2, -0.15) is 0 Å². The van der Waals surface area contributed by atoms with Gasteiger partial charge in [0.25, 0.3) is 0 Å². The van der Waals surface area contributed by atoms with Crippen LogP contribution in [0.2, 0.25) is 0 Å². The molecule has 1 amide bonds. The number of nitrogens with one attached hydrogen (secondary N) is 1. The Morgan fingerprint density at radius 2 is 1.96 bits per heavy atom. The van der Waals surface area contributed by atoms with E-state index >= 15 is 0 Å². The molecule has 3 aromatic rings. The van der Waals surface area contributed by atoms with Crippen LogP contribution in [0.15, 0.2) is 54.6 Å². The smallest absolute Gasteiger partial charge is 0.241 e. The highest BCUT2D eigenvalue weighted by molar-refractivity contribution is 5.79. The van der Waals surface area contributed by atoms with Crippen molar-refractivity contribution in [2.75, 3.05) is 26.2 Å². The van der Waals surface area contributed by atoms with Crippen molar-refractivity contribution in [1.82, 2.24) is 25.2 Å². The monoisotopic (exact) mass is 365 g/mol. The van der Waals surface area contributed by atoms with Gasteiger partial charge >= 0.3 is 0 Å². The lowest BCUT2D eigenvalue weighted by Crippen LogP contribution is -2.47. The van der Waals surface area contributed by atoms with Crippen molar-refractivity contribution in [1.29, 1.82) is 0 Å². The molecule has 1 N–H and O–H groups in total. The van der Waals surface area contributed by atoms with Gasteiger partial charge in [0.05, 0.1) is 18.2 Å². The van der Waals surface area contributed by atoms with Gasteiger partial charge in [0.1, 0.15) is 12.1 Å². The molecule has 0 saturated carbocycles. The van der Waals surface area contributed by atoms with Gasteiger partial charge in [-0.25, -0.2) is 4.68 Å². The Kier molecular flexibility index (Phi) is 5.41. The molecule has 4 rings (SSSR count). The maximum atomic E-state index is 12.3. The average molecular weight is 365 g/mol. The summed E-state index contributed by atoms with van der Waals surface area (Å²) in [4.78, 5) is 14.7. The Bertz CT molecular complexity index is 896. The number of hydrogen-bond acceptors (Lipinski definition) is 5. The summed E-state index contributed by atoms with van der Waals surface area (Å²) >= 11 is 0. The summed E-state index contributed by atoms with van der Waals surface area (Å²) in [6.07, 6.45) is -0.00102. The van der Waals surface area contributed by atoms with Crippen LogP contribution in [0.4, 0.5) is 0 Å². The van der Waals surface area contributed by atoms with E-state index in [9.17, 15) is 4.79 Å². The number of morpholine rings is 1. The fourth-order valence-corrected chi connectivity index (χ4v) is 3.34. The predicted molar refractivity (Wildman–Crippen MR) is 102 cm³/mol. The SMILES string of the molecule is O=C(Cn1nnc2ccccc21)NCC1CN(Cc2ccccc2)CCO1. The Morgan fingerprint density at radius 1 is 1.15 bits per heavy atom. The molecule has 2 aromatic carbocycles. The normalized spacial score (nSPS) is 17.9. The first-order chi connectivity index (χ1) is 13.3. The lowest BCUT2D eigenvalue weighted by molar-refractivity contribution is -0.123. The molecule has 1 atom stereocenters. The molecule has 7 heteroatoms. The molecular weight excluding hydrogens is 342 g/mol. The molecule has 1 aromatic heterocycles.